The van der Waals surface area contributed by atoms with Crippen molar-refractivity contribution in [2.24, 2.45) is 0 Å². The molecule has 2 aromatic rings. The number of para-hydroxylation sites is 1. The van der Waals surface area contributed by atoms with E-state index in [1.54, 1.807) is 17.0 Å². The number of aromatic hydroxyl groups is 1. The Morgan fingerprint density at radius 3 is 2.36 bits per heavy atom. The predicted molar refractivity (Wildman–Crippen MR) is 173 cm³/mol. The molecule has 240 valence electrons. The largest absolute Gasteiger partial charge is 0.509 e. The van der Waals surface area contributed by atoms with E-state index in [4.69, 9.17) is 9.47 Å². The lowest BCUT2D eigenvalue weighted by Crippen LogP contribution is -2.53. The molecule has 11 nitrogen and oxygen atoms in total. The van der Waals surface area contributed by atoms with Gasteiger partial charge in [0.2, 0.25) is 0 Å². The molecular formula is C33H44BN5O6. The molecule has 0 aliphatic carbocycles. The summed E-state index contributed by atoms with van der Waals surface area (Å²) in [5.74, 6) is 0.0128. The molecule has 4 aliphatic heterocycles. The lowest BCUT2D eigenvalue weighted by atomic mass is 9.91. The van der Waals surface area contributed by atoms with E-state index in [9.17, 15) is 19.5 Å². The van der Waals surface area contributed by atoms with E-state index in [0.29, 0.717) is 57.1 Å². The Balaban J connectivity index is 1.07. The zero-order chi connectivity index (χ0) is 31.3. The molecule has 3 saturated heterocycles. The first-order valence-corrected chi connectivity index (χ1v) is 16.4. The molecule has 0 aromatic heterocycles. The van der Waals surface area contributed by atoms with Gasteiger partial charge in [-0.2, -0.15) is 0 Å². The van der Waals surface area contributed by atoms with Crippen LogP contribution in [0.25, 0.3) is 0 Å². The number of fused-ring (bicyclic) bond motifs is 1. The third kappa shape index (κ3) is 7.39. The Bertz CT molecular complexity index is 1370. The second kappa shape index (κ2) is 14.1. The van der Waals surface area contributed by atoms with Crippen LogP contribution in [-0.4, -0.2) is 128 Å². The highest BCUT2D eigenvalue weighted by atomic mass is 16.6. The van der Waals surface area contributed by atoms with E-state index in [1.165, 1.54) is 0 Å². The Kier molecular flexibility index (Phi) is 9.80. The van der Waals surface area contributed by atoms with Crippen LogP contribution in [0.15, 0.2) is 42.5 Å². The first-order valence-electron chi connectivity index (χ1n) is 16.4. The summed E-state index contributed by atoms with van der Waals surface area (Å²) in [6.07, 6.45) is 2.60. The molecule has 6 rings (SSSR count). The number of carbonyl (C=O) groups is 3. The quantitative estimate of drug-likeness (QED) is 0.474. The highest BCUT2D eigenvalue weighted by Crippen LogP contribution is 2.26. The molecule has 0 unspecified atom stereocenters. The van der Waals surface area contributed by atoms with E-state index in [-0.39, 0.29) is 30.2 Å². The molecule has 3 fully saturated rings. The number of piperidine rings is 2. The van der Waals surface area contributed by atoms with Crippen LogP contribution < -0.4 is 10.8 Å². The molecule has 45 heavy (non-hydrogen) atoms. The molecule has 2 aromatic carbocycles. The van der Waals surface area contributed by atoms with E-state index in [2.05, 4.69) is 10.2 Å². The lowest BCUT2D eigenvalue weighted by Gasteiger charge is -2.41. The van der Waals surface area contributed by atoms with Gasteiger partial charge < -0.3 is 34.6 Å². The topological polar surface area (TPSA) is 115 Å². The molecule has 4 aliphatic rings. The summed E-state index contributed by atoms with van der Waals surface area (Å²) in [4.78, 5) is 48.3. The molecular weight excluding hydrogens is 573 g/mol. The van der Waals surface area contributed by atoms with Crippen molar-refractivity contribution in [3.05, 3.63) is 53.6 Å². The maximum atomic E-state index is 13.9. The second-order valence-corrected chi connectivity index (χ2v) is 12.7. The van der Waals surface area contributed by atoms with Gasteiger partial charge in [-0.25, -0.2) is 9.59 Å². The minimum atomic E-state index is -0.964. The summed E-state index contributed by atoms with van der Waals surface area (Å²) < 4.78 is 11.5. The first-order chi connectivity index (χ1) is 21.9. The number of phenols is 1. The number of urea groups is 1. The molecule has 0 saturated carbocycles. The number of likely N-dealkylation sites (tertiary alicyclic amines) is 2. The number of anilines is 1. The zero-order valence-electron chi connectivity index (χ0n) is 26.2. The Morgan fingerprint density at radius 1 is 0.933 bits per heavy atom. The molecule has 1 atom stereocenters. The normalized spacial score (nSPS) is 21.1. The monoisotopic (exact) mass is 617 g/mol. The highest BCUT2D eigenvalue weighted by molar-refractivity contribution is 6.34. The number of hydrogen-bond donors (Lipinski definition) is 2. The molecule has 0 bridgehead atoms. The third-order valence-electron chi connectivity index (χ3n) is 9.84. The number of ether oxygens (including phenoxy) is 2. The van der Waals surface area contributed by atoms with E-state index in [0.717, 1.165) is 62.4 Å². The van der Waals surface area contributed by atoms with Gasteiger partial charge in [-0.1, -0.05) is 30.3 Å². The maximum Gasteiger partial charge on any atom is 0.410 e. The van der Waals surface area contributed by atoms with Crippen molar-refractivity contribution in [2.75, 3.05) is 64.3 Å². The summed E-state index contributed by atoms with van der Waals surface area (Å²) in [6.45, 7) is 6.11. The van der Waals surface area contributed by atoms with Gasteiger partial charge in [0.05, 0.1) is 13.2 Å². The van der Waals surface area contributed by atoms with Crippen LogP contribution in [0.5, 0.6) is 5.75 Å². The summed E-state index contributed by atoms with van der Waals surface area (Å²) in [6, 6.07) is 13.5. The van der Waals surface area contributed by atoms with Crippen LogP contribution in [0.4, 0.5) is 15.3 Å². The number of hydrogen-bond acceptors (Lipinski definition) is 7. The molecule has 4 heterocycles. The minimum Gasteiger partial charge on any atom is -0.509 e. The van der Waals surface area contributed by atoms with Crippen molar-refractivity contribution in [3.63, 3.8) is 0 Å². The van der Waals surface area contributed by atoms with Gasteiger partial charge in [-0.05, 0) is 60.8 Å². The SMILES string of the molecule is Bc1cc(C[C@@H](OC(=O)N2CCC(N3CCc4ccccc4NC3=O)CC2)C(=O)N2CCC(N3CCOCC3)CC2)ccc1O. The van der Waals surface area contributed by atoms with E-state index in [1.807, 2.05) is 48.0 Å². The van der Waals surface area contributed by atoms with Gasteiger partial charge in [0.25, 0.3) is 5.91 Å². The minimum absolute atomic E-state index is 0.0218. The summed E-state index contributed by atoms with van der Waals surface area (Å²) >= 11 is 0. The maximum absolute atomic E-state index is 13.9. The van der Waals surface area contributed by atoms with Gasteiger partial charge in [0.1, 0.15) is 13.6 Å². The number of nitrogens with zero attached hydrogens (tertiary/aromatic N) is 4. The van der Waals surface area contributed by atoms with Gasteiger partial charge in [0.15, 0.2) is 6.10 Å². The number of rotatable bonds is 6. The van der Waals surface area contributed by atoms with Crippen molar-refractivity contribution in [1.29, 1.82) is 0 Å². The van der Waals surface area contributed by atoms with Gasteiger partial charge in [-0.3, -0.25) is 9.69 Å². The van der Waals surface area contributed by atoms with Crippen LogP contribution in [0.3, 0.4) is 0 Å². The lowest BCUT2D eigenvalue weighted by molar-refractivity contribution is -0.142. The highest BCUT2D eigenvalue weighted by Gasteiger charge is 2.36. The van der Waals surface area contributed by atoms with E-state index >= 15 is 0 Å². The summed E-state index contributed by atoms with van der Waals surface area (Å²) in [7, 11) is 1.81. The van der Waals surface area contributed by atoms with Crippen LogP contribution in [-0.2, 0) is 27.1 Å². The molecule has 12 heteroatoms. The number of benzene rings is 2. The fraction of sp³-hybridized carbons (Fsp3) is 0.545. The Labute approximate surface area is 265 Å². The van der Waals surface area contributed by atoms with Crippen LogP contribution in [0.1, 0.15) is 36.8 Å². The number of carbonyl (C=O) groups excluding carboxylic acids is 3. The number of morpholine rings is 1. The van der Waals surface area contributed by atoms with Crippen molar-refractivity contribution >= 4 is 37.0 Å². The average Bonchev–Trinajstić information content (AvgIpc) is 3.24. The third-order valence-corrected chi connectivity index (χ3v) is 9.84. The van der Waals surface area contributed by atoms with Crippen LogP contribution in [0.2, 0.25) is 0 Å². The van der Waals surface area contributed by atoms with Gasteiger partial charge >= 0.3 is 12.1 Å². The molecule has 2 N–H and O–H groups in total. The van der Waals surface area contributed by atoms with Crippen molar-refractivity contribution in [2.45, 2.75) is 56.7 Å². The van der Waals surface area contributed by atoms with Crippen molar-refractivity contribution in [3.8, 4) is 5.75 Å². The number of amides is 4. The van der Waals surface area contributed by atoms with Gasteiger partial charge in [0, 0.05) is 70.0 Å². The van der Waals surface area contributed by atoms with Gasteiger partial charge in [-0.15, -0.1) is 0 Å². The Morgan fingerprint density at radius 2 is 1.62 bits per heavy atom. The smallest absolute Gasteiger partial charge is 0.410 e. The fourth-order valence-electron chi connectivity index (χ4n) is 7.13. The summed E-state index contributed by atoms with van der Waals surface area (Å²) in [5.41, 5.74) is 3.51. The number of nitrogens with one attached hydrogen (secondary N) is 1. The molecule has 4 amide bonds. The Hall–Kier alpha value is -3.77. The average molecular weight is 618 g/mol. The summed E-state index contributed by atoms with van der Waals surface area (Å²) in [5, 5.41) is 13.1. The van der Waals surface area contributed by atoms with Crippen molar-refractivity contribution < 1.29 is 29.0 Å². The standard InChI is InChI=1S/C33H44BN5O6/c34-27-21-23(5-6-29(27)40)22-30(31(41)37-12-8-25(9-13-37)36-17-19-44-20-18-36)45-33(43)38-14-10-26(11-15-38)39-16-7-24-3-1-2-4-28(24)35-32(39)42/h1-6,21,25-26,30,40H,7-20,22,34H2,(H,35,42)/t30-/m1/s1. The number of phenolic OH excluding ortho intramolecular Hbond substituents is 1. The second-order valence-electron chi connectivity index (χ2n) is 12.7. The van der Waals surface area contributed by atoms with Crippen LogP contribution >= 0.6 is 0 Å². The molecule has 0 spiro atoms. The van der Waals surface area contributed by atoms with Crippen molar-refractivity contribution in [1.82, 2.24) is 19.6 Å². The predicted octanol–water partition coefficient (Wildman–Crippen LogP) is 1.58. The van der Waals surface area contributed by atoms with Crippen LogP contribution in [0, 0.1) is 0 Å². The zero-order valence-corrected chi connectivity index (χ0v) is 26.2. The van der Waals surface area contributed by atoms with E-state index < -0.39 is 12.2 Å². The first kappa shape index (κ1) is 31.2. The molecule has 0 radical (unpaired) electrons. The fourth-order valence-corrected chi connectivity index (χ4v) is 7.13.